The summed E-state index contributed by atoms with van der Waals surface area (Å²) in [6.45, 7) is 4.54. The van der Waals surface area contributed by atoms with E-state index < -0.39 is 0 Å². The lowest BCUT2D eigenvalue weighted by molar-refractivity contribution is 0.0252. The van der Waals surface area contributed by atoms with Crippen LogP contribution in [0.15, 0.2) is 0 Å². The van der Waals surface area contributed by atoms with E-state index in [0.29, 0.717) is 11.5 Å². The molecule has 2 saturated carbocycles. The van der Waals surface area contributed by atoms with Crippen molar-refractivity contribution in [3.8, 4) is 0 Å². The van der Waals surface area contributed by atoms with Crippen LogP contribution in [-0.2, 0) is 4.74 Å². The van der Waals surface area contributed by atoms with Crippen molar-refractivity contribution >= 4 is 0 Å². The summed E-state index contributed by atoms with van der Waals surface area (Å²) < 4.78 is 6.14. The molecule has 3 aliphatic rings. The molecule has 2 atom stereocenters. The SMILES string of the molecule is CCCCCC1(CNC2CC2)CCOC1C1CC1. The number of rotatable bonds is 8. The van der Waals surface area contributed by atoms with Crippen molar-refractivity contribution in [2.75, 3.05) is 13.2 Å². The average molecular weight is 251 g/mol. The summed E-state index contributed by atoms with van der Waals surface area (Å²) in [5.41, 5.74) is 0.485. The van der Waals surface area contributed by atoms with Gasteiger partial charge in [-0.2, -0.15) is 0 Å². The van der Waals surface area contributed by atoms with Gasteiger partial charge in [0.05, 0.1) is 6.10 Å². The molecule has 1 saturated heterocycles. The summed E-state index contributed by atoms with van der Waals surface area (Å²) in [5.74, 6) is 0.898. The molecule has 1 N–H and O–H groups in total. The van der Waals surface area contributed by atoms with E-state index in [0.717, 1.165) is 18.6 Å². The predicted octanol–water partition coefficient (Wildman–Crippen LogP) is 3.50. The quantitative estimate of drug-likeness (QED) is 0.667. The molecule has 1 aliphatic heterocycles. The van der Waals surface area contributed by atoms with Crippen molar-refractivity contribution in [3.63, 3.8) is 0 Å². The maximum absolute atomic E-state index is 6.14. The molecule has 3 fully saturated rings. The molecule has 0 aromatic heterocycles. The van der Waals surface area contributed by atoms with Gasteiger partial charge in [-0.25, -0.2) is 0 Å². The first-order valence-electron chi connectivity index (χ1n) is 8.19. The normalized spacial score (nSPS) is 36.2. The van der Waals surface area contributed by atoms with Crippen molar-refractivity contribution in [1.29, 1.82) is 0 Å². The first kappa shape index (κ1) is 12.9. The van der Waals surface area contributed by atoms with Crippen molar-refractivity contribution in [2.45, 2.75) is 76.9 Å². The Morgan fingerprint density at radius 1 is 1.17 bits per heavy atom. The van der Waals surface area contributed by atoms with Gasteiger partial charge < -0.3 is 10.1 Å². The van der Waals surface area contributed by atoms with Gasteiger partial charge in [-0.1, -0.05) is 26.2 Å². The number of unbranched alkanes of at least 4 members (excludes halogenated alkanes) is 2. The zero-order valence-corrected chi connectivity index (χ0v) is 11.9. The Morgan fingerprint density at radius 2 is 2.00 bits per heavy atom. The second-order valence-corrected chi connectivity index (χ2v) is 6.85. The molecule has 1 heterocycles. The van der Waals surface area contributed by atoms with E-state index in [1.807, 2.05) is 0 Å². The zero-order chi connectivity index (χ0) is 12.4. The minimum Gasteiger partial charge on any atom is -0.377 e. The van der Waals surface area contributed by atoms with Crippen LogP contribution in [0.5, 0.6) is 0 Å². The standard InChI is InChI=1S/C16H29NO/c1-2-3-4-9-16(12-17-14-7-8-14)10-11-18-15(16)13-5-6-13/h13-15,17H,2-12H2,1H3. The third-order valence-corrected chi connectivity index (χ3v) is 5.15. The third kappa shape index (κ3) is 2.91. The molecular weight excluding hydrogens is 222 g/mol. The maximum Gasteiger partial charge on any atom is 0.0672 e. The molecule has 0 spiro atoms. The van der Waals surface area contributed by atoms with Crippen LogP contribution in [0.1, 0.15) is 64.7 Å². The summed E-state index contributed by atoms with van der Waals surface area (Å²) in [7, 11) is 0. The molecule has 2 nitrogen and oxygen atoms in total. The lowest BCUT2D eigenvalue weighted by Gasteiger charge is -2.35. The highest BCUT2D eigenvalue weighted by molar-refractivity contribution is 5.01. The van der Waals surface area contributed by atoms with E-state index in [4.69, 9.17) is 4.74 Å². The summed E-state index contributed by atoms with van der Waals surface area (Å²) in [5, 5.41) is 3.80. The van der Waals surface area contributed by atoms with Crippen molar-refractivity contribution < 1.29 is 4.74 Å². The molecule has 18 heavy (non-hydrogen) atoms. The van der Waals surface area contributed by atoms with Crippen LogP contribution >= 0.6 is 0 Å². The highest BCUT2D eigenvalue weighted by Gasteiger charge is 2.50. The van der Waals surface area contributed by atoms with Crippen molar-refractivity contribution in [3.05, 3.63) is 0 Å². The fourth-order valence-electron chi connectivity index (χ4n) is 3.65. The first-order valence-corrected chi connectivity index (χ1v) is 8.19. The molecule has 0 aromatic rings. The lowest BCUT2D eigenvalue weighted by atomic mass is 9.74. The fourth-order valence-corrected chi connectivity index (χ4v) is 3.65. The molecule has 2 unspecified atom stereocenters. The van der Waals surface area contributed by atoms with Crippen LogP contribution in [0, 0.1) is 11.3 Å². The monoisotopic (exact) mass is 251 g/mol. The van der Waals surface area contributed by atoms with Gasteiger partial charge in [0, 0.05) is 24.6 Å². The van der Waals surface area contributed by atoms with Gasteiger partial charge in [-0.05, 0) is 44.4 Å². The van der Waals surface area contributed by atoms with Crippen LogP contribution in [-0.4, -0.2) is 25.3 Å². The second kappa shape index (κ2) is 5.50. The second-order valence-electron chi connectivity index (χ2n) is 6.85. The Hall–Kier alpha value is -0.0800. The smallest absolute Gasteiger partial charge is 0.0672 e. The molecule has 0 radical (unpaired) electrons. The molecule has 2 heteroatoms. The molecule has 3 rings (SSSR count). The van der Waals surface area contributed by atoms with Crippen LogP contribution in [0.2, 0.25) is 0 Å². The van der Waals surface area contributed by atoms with Gasteiger partial charge >= 0.3 is 0 Å². The van der Waals surface area contributed by atoms with E-state index in [-0.39, 0.29) is 0 Å². The zero-order valence-electron chi connectivity index (χ0n) is 11.9. The van der Waals surface area contributed by atoms with Crippen molar-refractivity contribution in [1.82, 2.24) is 5.32 Å². The van der Waals surface area contributed by atoms with Crippen LogP contribution < -0.4 is 5.32 Å². The third-order valence-electron chi connectivity index (χ3n) is 5.15. The van der Waals surface area contributed by atoms with E-state index in [9.17, 15) is 0 Å². The lowest BCUT2D eigenvalue weighted by Crippen LogP contribution is -2.42. The minimum absolute atomic E-state index is 0.485. The van der Waals surface area contributed by atoms with E-state index in [1.165, 1.54) is 64.3 Å². The average Bonchev–Trinajstić information content (AvgIpc) is 3.28. The van der Waals surface area contributed by atoms with Gasteiger partial charge in [0.2, 0.25) is 0 Å². The topological polar surface area (TPSA) is 21.3 Å². The Morgan fingerprint density at radius 3 is 2.67 bits per heavy atom. The molecule has 0 bridgehead atoms. The Balaban J connectivity index is 1.60. The summed E-state index contributed by atoms with van der Waals surface area (Å²) in [6, 6.07) is 0.841. The highest BCUT2D eigenvalue weighted by Crippen LogP contribution is 2.50. The maximum atomic E-state index is 6.14. The molecular formula is C16H29NO. The number of ether oxygens (including phenoxy) is 1. The number of hydrogen-bond donors (Lipinski definition) is 1. The largest absolute Gasteiger partial charge is 0.377 e. The molecule has 0 aromatic carbocycles. The predicted molar refractivity (Wildman–Crippen MR) is 74.7 cm³/mol. The highest BCUT2D eigenvalue weighted by atomic mass is 16.5. The minimum atomic E-state index is 0.485. The van der Waals surface area contributed by atoms with Gasteiger partial charge in [0.1, 0.15) is 0 Å². The summed E-state index contributed by atoms with van der Waals surface area (Å²) >= 11 is 0. The van der Waals surface area contributed by atoms with E-state index in [1.54, 1.807) is 0 Å². The van der Waals surface area contributed by atoms with Gasteiger partial charge in [-0.15, -0.1) is 0 Å². The van der Waals surface area contributed by atoms with Crippen molar-refractivity contribution in [2.24, 2.45) is 11.3 Å². The Labute approximate surface area is 112 Å². The van der Waals surface area contributed by atoms with Gasteiger partial charge in [-0.3, -0.25) is 0 Å². The molecule has 2 aliphatic carbocycles. The summed E-state index contributed by atoms with van der Waals surface area (Å²) in [4.78, 5) is 0. The van der Waals surface area contributed by atoms with Gasteiger partial charge in [0.15, 0.2) is 0 Å². The fraction of sp³-hybridized carbons (Fsp3) is 1.00. The van der Waals surface area contributed by atoms with Crippen LogP contribution in [0.4, 0.5) is 0 Å². The molecule has 104 valence electrons. The number of hydrogen-bond acceptors (Lipinski definition) is 2. The Kier molecular flexibility index (Phi) is 3.95. The van der Waals surface area contributed by atoms with Crippen LogP contribution in [0.3, 0.4) is 0 Å². The van der Waals surface area contributed by atoms with E-state index >= 15 is 0 Å². The Bertz CT molecular complexity index is 272. The van der Waals surface area contributed by atoms with E-state index in [2.05, 4.69) is 12.2 Å². The molecule has 0 amide bonds. The first-order chi connectivity index (χ1) is 8.84. The summed E-state index contributed by atoms with van der Waals surface area (Å²) in [6.07, 6.45) is 13.0. The number of nitrogens with one attached hydrogen (secondary N) is 1. The van der Waals surface area contributed by atoms with Crippen LogP contribution in [0.25, 0.3) is 0 Å². The van der Waals surface area contributed by atoms with Gasteiger partial charge in [0.25, 0.3) is 0 Å².